The molecule has 0 aliphatic carbocycles. The molecule has 0 saturated carbocycles. The van der Waals surface area contributed by atoms with Gasteiger partial charge in [0.25, 0.3) is 5.91 Å². The summed E-state index contributed by atoms with van der Waals surface area (Å²) in [6, 6.07) is 7.26. The van der Waals surface area contributed by atoms with Gasteiger partial charge in [0.2, 0.25) is 0 Å². The van der Waals surface area contributed by atoms with Gasteiger partial charge in [0.15, 0.2) is 0 Å². The number of nitrogens with zero attached hydrogens (tertiary/aromatic N) is 1. The summed E-state index contributed by atoms with van der Waals surface area (Å²) in [7, 11) is 0. The average molecular weight is 252 g/mol. The number of rotatable bonds is 6. The predicted molar refractivity (Wildman–Crippen MR) is 73.8 cm³/mol. The molecule has 0 fully saturated rings. The molecular weight excluding hydrogens is 232 g/mol. The van der Waals surface area contributed by atoms with Crippen molar-refractivity contribution in [3.63, 3.8) is 0 Å². The molecule has 0 radical (unpaired) electrons. The van der Waals surface area contributed by atoms with Gasteiger partial charge in [0.1, 0.15) is 0 Å². The largest absolute Gasteiger partial charge is 0.351 e. The maximum atomic E-state index is 11.8. The molecule has 0 aliphatic rings. The normalized spacial score (nSPS) is 10.6. The summed E-state index contributed by atoms with van der Waals surface area (Å²) >= 11 is 4.21. The molecule has 0 aromatic heterocycles. The number of thiol groups is 1. The van der Waals surface area contributed by atoms with Crippen LogP contribution in [0.25, 0.3) is 0 Å². The van der Waals surface area contributed by atoms with Gasteiger partial charge >= 0.3 is 0 Å². The van der Waals surface area contributed by atoms with Crippen LogP contribution in [-0.4, -0.2) is 37.0 Å². The molecule has 0 bridgehead atoms. The van der Waals surface area contributed by atoms with Gasteiger partial charge in [-0.2, -0.15) is 0 Å². The van der Waals surface area contributed by atoms with Gasteiger partial charge in [-0.05, 0) is 31.3 Å². The van der Waals surface area contributed by atoms with E-state index in [2.05, 4.69) is 36.7 Å². The van der Waals surface area contributed by atoms with Crippen LogP contribution in [0.15, 0.2) is 29.2 Å². The Balaban J connectivity index is 2.40. The quantitative estimate of drug-likeness (QED) is 0.760. The fourth-order valence-electron chi connectivity index (χ4n) is 1.62. The SMILES string of the molecule is CCN(CC)CCNC(=O)c1cccc(S)c1. The summed E-state index contributed by atoms with van der Waals surface area (Å²) in [6.45, 7) is 7.83. The monoisotopic (exact) mass is 252 g/mol. The van der Waals surface area contributed by atoms with E-state index >= 15 is 0 Å². The molecule has 0 atom stereocenters. The maximum Gasteiger partial charge on any atom is 0.251 e. The minimum absolute atomic E-state index is 0.0342. The van der Waals surface area contributed by atoms with Crippen molar-refractivity contribution in [2.45, 2.75) is 18.7 Å². The van der Waals surface area contributed by atoms with Crippen molar-refractivity contribution in [3.8, 4) is 0 Å². The molecule has 0 spiro atoms. The zero-order valence-corrected chi connectivity index (χ0v) is 11.3. The van der Waals surface area contributed by atoms with Crippen LogP contribution >= 0.6 is 12.6 Å². The van der Waals surface area contributed by atoms with E-state index < -0.39 is 0 Å². The number of nitrogens with one attached hydrogen (secondary N) is 1. The third-order valence-electron chi connectivity index (χ3n) is 2.72. The second-order valence-electron chi connectivity index (χ2n) is 3.83. The van der Waals surface area contributed by atoms with Crippen molar-refractivity contribution in [3.05, 3.63) is 29.8 Å². The van der Waals surface area contributed by atoms with Gasteiger partial charge in [-0.1, -0.05) is 19.9 Å². The molecule has 0 unspecified atom stereocenters. The summed E-state index contributed by atoms with van der Waals surface area (Å²) in [5, 5.41) is 2.91. The highest BCUT2D eigenvalue weighted by atomic mass is 32.1. The van der Waals surface area contributed by atoms with Gasteiger partial charge in [-0.15, -0.1) is 12.6 Å². The first kappa shape index (κ1) is 14.1. The van der Waals surface area contributed by atoms with Crippen molar-refractivity contribution in [1.82, 2.24) is 10.2 Å². The number of carbonyl (C=O) groups is 1. The molecule has 1 aromatic carbocycles. The standard InChI is InChI=1S/C13H20N2OS/c1-3-15(4-2)9-8-14-13(16)11-6-5-7-12(17)10-11/h5-7,10,17H,3-4,8-9H2,1-2H3,(H,14,16). The van der Waals surface area contributed by atoms with Gasteiger partial charge in [-0.25, -0.2) is 0 Å². The molecule has 94 valence electrons. The van der Waals surface area contributed by atoms with Crippen LogP contribution in [0.5, 0.6) is 0 Å². The van der Waals surface area contributed by atoms with Crippen LogP contribution in [0.3, 0.4) is 0 Å². The number of carbonyl (C=O) groups excluding carboxylic acids is 1. The first-order valence-corrected chi connectivity index (χ1v) is 6.41. The maximum absolute atomic E-state index is 11.8. The highest BCUT2D eigenvalue weighted by Gasteiger charge is 2.05. The topological polar surface area (TPSA) is 32.3 Å². The Hall–Kier alpha value is -1.00. The lowest BCUT2D eigenvalue weighted by Gasteiger charge is -2.17. The molecule has 3 nitrogen and oxygen atoms in total. The second kappa shape index (κ2) is 7.35. The lowest BCUT2D eigenvalue weighted by molar-refractivity contribution is 0.0948. The van der Waals surface area contributed by atoms with E-state index in [1.54, 1.807) is 12.1 Å². The van der Waals surface area contributed by atoms with E-state index in [4.69, 9.17) is 0 Å². The third-order valence-corrected chi connectivity index (χ3v) is 2.99. The lowest BCUT2D eigenvalue weighted by atomic mass is 10.2. The Morgan fingerprint density at radius 3 is 2.65 bits per heavy atom. The Morgan fingerprint density at radius 1 is 1.35 bits per heavy atom. The summed E-state index contributed by atoms with van der Waals surface area (Å²) in [5.41, 5.74) is 0.664. The minimum atomic E-state index is -0.0342. The molecule has 4 heteroatoms. The van der Waals surface area contributed by atoms with Crippen LogP contribution < -0.4 is 5.32 Å². The lowest BCUT2D eigenvalue weighted by Crippen LogP contribution is -2.34. The number of benzene rings is 1. The van der Waals surface area contributed by atoms with E-state index in [0.717, 1.165) is 24.5 Å². The number of hydrogen-bond acceptors (Lipinski definition) is 3. The molecule has 1 amide bonds. The molecule has 17 heavy (non-hydrogen) atoms. The highest BCUT2D eigenvalue weighted by Crippen LogP contribution is 2.08. The highest BCUT2D eigenvalue weighted by molar-refractivity contribution is 7.80. The van der Waals surface area contributed by atoms with Gasteiger partial charge in [0, 0.05) is 23.5 Å². The third kappa shape index (κ3) is 4.79. The summed E-state index contributed by atoms with van der Waals surface area (Å²) in [5.74, 6) is -0.0342. The Bertz CT molecular complexity index is 364. The van der Waals surface area contributed by atoms with Gasteiger partial charge < -0.3 is 10.2 Å². The molecule has 0 aliphatic heterocycles. The average Bonchev–Trinajstić information content (AvgIpc) is 2.34. The van der Waals surface area contributed by atoms with Crippen molar-refractivity contribution in [1.29, 1.82) is 0 Å². The fraction of sp³-hybridized carbons (Fsp3) is 0.462. The van der Waals surface area contributed by atoms with Crippen molar-refractivity contribution < 1.29 is 4.79 Å². The number of amides is 1. The molecule has 0 saturated heterocycles. The van der Waals surface area contributed by atoms with Crippen LogP contribution in [0.4, 0.5) is 0 Å². The van der Waals surface area contributed by atoms with E-state index in [-0.39, 0.29) is 5.91 Å². The Kier molecular flexibility index (Phi) is 6.08. The van der Waals surface area contributed by atoms with Crippen molar-refractivity contribution in [2.24, 2.45) is 0 Å². The molecule has 1 aromatic rings. The smallest absolute Gasteiger partial charge is 0.251 e. The van der Waals surface area contributed by atoms with E-state index in [1.165, 1.54) is 0 Å². The van der Waals surface area contributed by atoms with Crippen LogP contribution in [0, 0.1) is 0 Å². The van der Waals surface area contributed by atoms with Gasteiger partial charge in [-0.3, -0.25) is 4.79 Å². The first-order chi connectivity index (χ1) is 8.17. The van der Waals surface area contributed by atoms with Gasteiger partial charge in [0.05, 0.1) is 0 Å². The van der Waals surface area contributed by atoms with E-state index in [9.17, 15) is 4.79 Å². The first-order valence-electron chi connectivity index (χ1n) is 5.97. The van der Waals surface area contributed by atoms with Crippen LogP contribution in [-0.2, 0) is 0 Å². The molecule has 1 N–H and O–H groups in total. The minimum Gasteiger partial charge on any atom is -0.351 e. The number of likely N-dealkylation sites (N-methyl/N-ethyl adjacent to an activating group) is 1. The van der Waals surface area contributed by atoms with E-state index in [1.807, 2.05) is 12.1 Å². The molecule has 0 heterocycles. The van der Waals surface area contributed by atoms with Crippen molar-refractivity contribution >= 4 is 18.5 Å². The predicted octanol–water partition coefficient (Wildman–Crippen LogP) is 2.05. The van der Waals surface area contributed by atoms with Crippen molar-refractivity contribution in [2.75, 3.05) is 26.2 Å². The summed E-state index contributed by atoms with van der Waals surface area (Å²) < 4.78 is 0. The van der Waals surface area contributed by atoms with Crippen LogP contribution in [0.1, 0.15) is 24.2 Å². The van der Waals surface area contributed by atoms with Crippen LogP contribution in [0.2, 0.25) is 0 Å². The Labute approximate surface area is 109 Å². The zero-order valence-electron chi connectivity index (χ0n) is 10.4. The summed E-state index contributed by atoms with van der Waals surface area (Å²) in [4.78, 5) is 14.9. The zero-order chi connectivity index (χ0) is 12.7. The Morgan fingerprint density at radius 2 is 2.06 bits per heavy atom. The van der Waals surface area contributed by atoms with E-state index in [0.29, 0.717) is 12.1 Å². The second-order valence-corrected chi connectivity index (χ2v) is 4.35. The molecular formula is C13H20N2OS. The summed E-state index contributed by atoms with van der Waals surface area (Å²) in [6.07, 6.45) is 0. The fourth-order valence-corrected chi connectivity index (χ4v) is 1.84. The molecule has 1 rings (SSSR count). The number of hydrogen-bond donors (Lipinski definition) is 2.